The van der Waals surface area contributed by atoms with E-state index in [-0.39, 0.29) is 25.7 Å². The number of phosphoric acid groups is 2. The SMILES string of the molecule is CCCCCCCCCC(=O)OC[C@H](COP(=O)(O)OC[C@H](O)COP(=O)(O)OC[C@@H](COC(=O)CCCCCCCCCCCCCC(C)C)OC(=O)CCCCCCCCCCCCCC(C)C)OC(=O)CCCCCCCCCCC(C)CC. The molecule has 0 aliphatic heterocycles. The van der Waals surface area contributed by atoms with E-state index in [1.165, 1.54) is 135 Å². The van der Waals surface area contributed by atoms with Crippen LogP contribution in [0.4, 0.5) is 0 Å². The summed E-state index contributed by atoms with van der Waals surface area (Å²) in [5.74, 6) is 0.172. The van der Waals surface area contributed by atoms with E-state index in [2.05, 4.69) is 48.5 Å². The highest BCUT2D eigenvalue weighted by molar-refractivity contribution is 7.47. The van der Waals surface area contributed by atoms with Crippen LogP contribution in [-0.2, 0) is 65.4 Å². The third kappa shape index (κ3) is 61.3. The monoisotopic (exact) mass is 1280 g/mol. The molecule has 0 aromatic rings. The Hall–Kier alpha value is -1.94. The van der Waals surface area contributed by atoms with Gasteiger partial charge in [-0.05, 0) is 43.4 Å². The predicted molar refractivity (Wildman–Crippen MR) is 349 cm³/mol. The standard InChI is InChI=1S/C68H132O17P2/c1-8-10-11-12-25-35-42-49-65(70)78-55-63(85-68(73)52-45-38-31-24-23-28-34-41-48-61(7)9-2)57-82-86(74,75)80-53-62(69)54-81-87(76,77)83-58-64(84-67(72)51-44-37-30-22-18-14-16-20-27-33-40-47-60(5)6)56-79-66(71)50-43-36-29-21-17-13-15-19-26-32-39-46-59(3)4/h59-64,69H,8-58H2,1-7H3,(H,74,75)(H,76,77)/t61?,62-,63+,64+/m0/s1. The average molecular weight is 1280 g/mol. The lowest BCUT2D eigenvalue weighted by atomic mass is 9.99. The zero-order chi connectivity index (χ0) is 64.5. The zero-order valence-electron chi connectivity index (χ0n) is 56.5. The van der Waals surface area contributed by atoms with E-state index in [1.807, 2.05) is 0 Å². The highest BCUT2D eigenvalue weighted by Crippen LogP contribution is 2.45. The van der Waals surface area contributed by atoms with Gasteiger partial charge in [0.15, 0.2) is 12.2 Å². The third-order valence-corrected chi connectivity index (χ3v) is 17.9. The molecule has 0 amide bonds. The summed E-state index contributed by atoms with van der Waals surface area (Å²) in [7, 11) is -9.89. The molecule has 3 N–H and O–H groups in total. The van der Waals surface area contributed by atoms with Gasteiger partial charge in [0.2, 0.25) is 0 Å². The van der Waals surface area contributed by atoms with E-state index in [0.717, 1.165) is 120 Å². The maximum absolute atomic E-state index is 13.0. The summed E-state index contributed by atoms with van der Waals surface area (Å²) in [5, 5.41) is 10.6. The number of aliphatic hydroxyl groups is 1. The molecule has 0 bridgehead atoms. The molecule has 0 saturated carbocycles. The molecular formula is C68H132O17P2. The first kappa shape index (κ1) is 85.1. The molecule has 0 heterocycles. The van der Waals surface area contributed by atoms with E-state index >= 15 is 0 Å². The van der Waals surface area contributed by atoms with Gasteiger partial charge in [0.05, 0.1) is 26.4 Å². The van der Waals surface area contributed by atoms with Crippen LogP contribution < -0.4 is 0 Å². The van der Waals surface area contributed by atoms with Crippen molar-refractivity contribution in [2.24, 2.45) is 17.8 Å². The van der Waals surface area contributed by atoms with Crippen molar-refractivity contribution in [3.05, 3.63) is 0 Å². The Morgan fingerprint density at radius 3 is 0.874 bits per heavy atom. The molecule has 6 atom stereocenters. The van der Waals surface area contributed by atoms with Gasteiger partial charge in [-0.15, -0.1) is 0 Å². The van der Waals surface area contributed by atoms with Crippen LogP contribution in [0, 0.1) is 17.8 Å². The van der Waals surface area contributed by atoms with Crippen molar-refractivity contribution < 1.29 is 80.2 Å². The summed E-state index contributed by atoms with van der Waals surface area (Å²) >= 11 is 0. The number of unbranched alkanes of at least 4 members (excludes halogenated alkanes) is 33. The van der Waals surface area contributed by atoms with Gasteiger partial charge in [-0.2, -0.15) is 0 Å². The van der Waals surface area contributed by atoms with E-state index in [9.17, 15) is 43.2 Å². The minimum atomic E-state index is -4.95. The van der Waals surface area contributed by atoms with Gasteiger partial charge in [-0.25, -0.2) is 9.13 Å². The lowest BCUT2D eigenvalue weighted by molar-refractivity contribution is -0.161. The van der Waals surface area contributed by atoms with Crippen molar-refractivity contribution in [1.29, 1.82) is 0 Å². The second-order valence-electron chi connectivity index (χ2n) is 25.8. The molecule has 17 nitrogen and oxygen atoms in total. The predicted octanol–water partition coefficient (Wildman–Crippen LogP) is 19.1. The van der Waals surface area contributed by atoms with Crippen molar-refractivity contribution in [3.8, 4) is 0 Å². The molecule has 19 heteroatoms. The molecule has 516 valence electrons. The van der Waals surface area contributed by atoms with Gasteiger partial charge in [-0.3, -0.25) is 37.3 Å². The van der Waals surface area contributed by atoms with Crippen LogP contribution in [0.15, 0.2) is 0 Å². The smallest absolute Gasteiger partial charge is 0.462 e. The maximum atomic E-state index is 13.0. The van der Waals surface area contributed by atoms with Crippen LogP contribution >= 0.6 is 15.6 Å². The molecule has 87 heavy (non-hydrogen) atoms. The van der Waals surface area contributed by atoms with Gasteiger partial charge >= 0.3 is 39.5 Å². The first-order valence-electron chi connectivity index (χ1n) is 35.4. The average Bonchev–Trinajstić information content (AvgIpc) is 3.63. The second kappa shape index (κ2) is 59.1. The minimum absolute atomic E-state index is 0.104. The highest BCUT2D eigenvalue weighted by Gasteiger charge is 2.30. The van der Waals surface area contributed by atoms with E-state index in [4.69, 9.17) is 37.0 Å². The van der Waals surface area contributed by atoms with E-state index in [0.29, 0.717) is 25.7 Å². The number of esters is 4. The Morgan fingerprint density at radius 1 is 0.333 bits per heavy atom. The maximum Gasteiger partial charge on any atom is 0.472 e. The van der Waals surface area contributed by atoms with Crippen LogP contribution in [0.5, 0.6) is 0 Å². The molecule has 0 fully saturated rings. The van der Waals surface area contributed by atoms with Crippen LogP contribution in [0.3, 0.4) is 0 Å². The third-order valence-electron chi connectivity index (χ3n) is 16.0. The molecule has 0 aromatic heterocycles. The van der Waals surface area contributed by atoms with Gasteiger partial charge < -0.3 is 33.8 Å². The van der Waals surface area contributed by atoms with Crippen molar-refractivity contribution in [2.75, 3.05) is 39.6 Å². The zero-order valence-corrected chi connectivity index (χ0v) is 58.3. The quantitative estimate of drug-likeness (QED) is 0.0222. The largest absolute Gasteiger partial charge is 0.472 e. The van der Waals surface area contributed by atoms with Crippen molar-refractivity contribution >= 4 is 39.5 Å². The van der Waals surface area contributed by atoms with Gasteiger partial charge in [0.25, 0.3) is 0 Å². The summed E-state index contributed by atoms with van der Waals surface area (Å²) < 4.78 is 68.1. The number of ether oxygens (including phenoxy) is 4. The van der Waals surface area contributed by atoms with Crippen molar-refractivity contribution in [3.63, 3.8) is 0 Å². The van der Waals surface area contributed by atoms with Crippen LogP contribution in [0.2, 0.25) is 0 Å². The molecule has 0 aliphatic rings. The fourth-order valence-electron chi connectivity index (χ4n) is 10.2. The normalized spacial score (nSPS) is 14.6. The Labute approximate surface area is 530 Å². The fourth-order valence-corrected chi connectivity index (χ4v) is 11.7. The van der Waals surface area contributed by atoms with Gasteiger partial charge in [0.1, 0.15) is 19.3 Å². The van der Waals surface area contributed by atoms with Gasteiger partial charge in [0, 0.05) is 25.7 Å². The molecule has 0 radical (unpaired) electrons. The lowest BCUT2D eigenvalue weighted by Gasteiger charge is -2.21. The Bertz CT molecular complexity index is 1720. The first-order valence-corrected chi connectivity index (χ1v) is 38.4. The summed E-state index contributed by atoms with van der Waals surface area (Å²) in [6.45, 7) is 11.8. The van der Waals surface area contributed by atoms with E-state index < -0.39 is 97.5 Å². The molecule has 0 aromatic carbocycles. The number of hydrogen-bond acceptors (Lipinski definition) is 15. The number of carbonyl (C=O) groups is 4. The minimum Gasteiger partial charge on any atom is -0.462 e. The van der Waals surface area contributed by atoms with Crippen LogP contribution in [0.1, 0.15) is 337 Å². The molecule has 0 rings (SSSR count). The fraction of sp³-hybridized carbons (Fsp3) is 0.941. The molecule has 0 aliphatic carbocycles. The second-order valence-corrected chi connectivity index (χ2v) is 28.7. The lowest BCUT2D eigenvalue weighted by Crippen LogP contribution is -2.30. The number of hydrogen-bond donors (Lipinski definition) is 3. The Morgan fingerprint density at radius 2 is 0.586 bits per heavy atom. The first-order chi connectivity index (χ1) is 41.8. The molecule has 3 unspecified atom stereocenters. The molecule has 0 saturated heterocycles. The molecular weight excluding hydrogens is 1150 g/mol. The summed E-state index contributed by atoms with van der Waals surface area (Å²) in [5.41, 5.74) is 0. The summed E-state index contributed by atoms with van der Waals surface area (Å²) in [4.78, 5) is 72.3. The summed E-state index contributed by atoms with van der Waals surface area (Å²) in [6.07, 6.45) is 41.7. The highest BCUT2D eigenvalue weighted by atomic mass is 31.2. The van der Waals surface area contributed by atoms with Crippen LogP contribution in [0.25, 0.3) is 0 Å². The number of phosphoric ester groups is 2. The van der Waals surface area contributed by atoms with Crippen LogP contribution in [-0.4, -0.2) is 96.7 Å². The Balaban J connectivity index is 5.23. The van der Waals surface area contributed by atoms with Crippen molar-refractivity contribution in [1.82, 2.24) is 0 Å². The number of carbonyl (C=O) groups excluding carboxylic acids is 4. The Kier molecular flexibility index (Phi) is 57.8. The molecule has 0 spiro atoms. The van der Waals surface area contributed by atoms with E-state index in [1.54, 1.807) is 0 Å². The number of aliphatic hydroxyl groups excluding tert-OH is 1. The van der Waals surface area contributed by atoms with Crippen molar-refractivity contribution in [2.45, 2.75) is 356 Å². The topological polar surface area (TPSA) is 237 Å². The van der Waals surface area contributed by atoms with Gasteiger partial charge in [-0.1, -0.05) is 286 Å². The summed E-state index contributed by atoms with van der Waals surface area (Å²) in [6, 6.07) is 0. The number of rotatable bonds is 66.